The van der Waals surface area contributed by atoms with E-state index in [2.05, 4.69) is 15.4 Å². The fourth-order valence-electron chi connectivity index (χ4n) is 3.22. The molecule has 0 aliphatic rings. The van der Waals surface area contributed by atoms with Crippen LogP contribution in [0.1, 0.15) is 16.1 Å². The molecule has 0 bridgehead atoms. The van der Waals surface area contributed by atoms with Crippen LogP contribution in [-0.4, -0.2) is 34.7 Å². The van der Waals surface area contributed by atoms with Gasteiger partial charge < -0.3 is 14.8 Å². The Morgan fingerprint density at radius 2 is 1.79 bits per heavy atom. The van der Waals surface area contributed by atoms with Crippen molar-refractivity contribution < 1.29 is 27.4 Å². The van der Waals surface area contributed by atoms with Crippen LogP contribution in [0.25, 0.3) is 16.9 Å². The van der Waals surface area contributed by atoms with E-state index in [1.54, 1.807) is 36.4 Å². The maximum atomic E-state index is 13.8. The minimum atomic E-state index is -4.75. The Balaban J connectivity index is 1.86. The van der Waals surface area contributed by atoms with Gasteiger partial charge in [0.05, 0.1) is 36.8 Å². The lowest BCUT2D eigenvalue weighted by Gasteiger charge is -2.13. The van der Waals surface area contributed by atoms with E-state index in [1.807, 2.05) is 0 Å². The molecule has 170 valence electrons. The molecular weight excluding hydrogens is 461 g/mol. The topological polar surface area (TPSA) is 77.8 Å². The summed E-state index contributed by atoms with van der Waals surface area (Å²) in [7, 11) is 2.85. The van der Waals surface area contributed by atoms with Crippen LogP contribution in [0.15, 0.2) is 54.7 Å². The molecule has 2 heterocycles. The smallest absolute Gasteiger partial charge is 0.433 e. The molecule has 4 rings (SSSR count). The number of carbonyl (C=O) groups excluding carboxylic acids is 1. The predicted octanol–water partition coefficient (Wildman–Crippen LogP) is 5.34. The highest BCUT2D eigenvalue weighted by atomic mass is 35.5. The Morgan fingerprint density at radius 1 is 1.06 bits per heavy atom. The average Bonchev–Trinajstić information content (AvgIpc) is 3.22. The molecule has 0 aliphatic heterocycles. The number of carbonyl (C=O) groups is 1. The zero-order valence-corrected chi connectivity index (χ0v) is 18.0. The van der Waals surface area contributed by atoms with Crippen LogP contribution < -0.4 is 14.8 Å². The van der Waals surface area contributed by atoms with Gasteiger partial charge in [0.1, 0.15) is 5.56 Å². The number of hydrogen-bond acceptors (Lipinski definition) is 5. The lowest BCUT2D eigenvalue weighted by atomic mass is 10.1. The maximum absolute atomic E-state index is 13.8. The van der Waals surface area contributed by atoms with Crippen LogP contribution in [-0.2, 0) is 6.18 Å². The third-order valence-electron chi connectivity index (χ3n) is 4.81. The summed E-state index contributed by atoms with van der Waals surface area (Å²) >= 11 is 6.07. The first-order valence-electron chi connectivity index (χ1n) is 9.47. The van der Waals surface area contributed by atoms with E-state index >= 15 is 0 Å². The second-order valence-electron chi connectivity index (χ2n) is 6.82. The first-order chi connectivity index (χ1) is 15.7. The van der Waals surface area contributed by atoms with Crippen molar-refractivity contribution in [2.45, 2.75) is 6.18 Å². The first-order valence-corrected chi connectivity index (χ1v) is 9.85. The van der Waals surface area contributed by atoms with Gasteiger partial charge in [0.2, 0.25) is 0 Å². The number of nitrogens with one attached hydrogen (secondary N) is 1. The van der Waals surface area contributed by atoms with Gasteiger partial charge in [-0.3, -0.25) is 4.79 Å². The van der Waals surface area contributed by atoms with E-state index in [0.29, 0.717) is 27.3 Å². The van der Waals surface area contributed by atoms with Gasteiger partial charge in [-0.05, 0) is 36.4 Å². The molecule has 11 heteroatoms. The van der Waals surface area contributed by atoms with Gasteiger partial charge in [-0.15, -0.1) is 0 Å². The van der Waals surface area contributed by atoms with Gasteiger partial charge >= 0.3 is 6.18 Å². The Morgan fingerprint density at radius 3 is 2.45 bits per heavy atom. The normalized spacial score (nSPS) is 11.5. The van der Waals surface area contributed by atoms with Crippen molar-refractivity contribution in [1.82, 2.24) is 14.6 Å². The molecule has 1 N–H and O–H groups in total. The van der Waals surface area contributed by atoms with Crippen molar-refractivity contribution in [3.05, 3.63) is 71.0 Å². The largest absolute Gasteiger partial charge is 0.493 e. The molecule has 0 atom stereocenters. The number of benzene rings is 2. The molecule has 0 fully saturated rings. The summed E-state index contributed by atoms with van der Waals surface area (Å²) in [5.74, 6) is 0.0149. The second kappa shape index (κ2) is 8.62. The number of ether oxygens (including phenoxy) is 2. The van der Waals surface area contributed by atoms with E-state index in [0.717, 1.165) is 12.3 Å². The van der Waals surface area contributed by atoms with E-state index in [9.17, 15) is 18.0 Å². The summed E-state index contributed by atoms with van der Waals surface area (Å²) < 4.78 is 52.5. The average molecular weight is 477 g/mol. The van der Waals surface area contributed by atoms with Gasteiger partial charge in [-0.1, -0.05) is 23.7 Å². The van der Waals surface area contributed by atoms with Crippen LogP contribution in [0.3, 0.4) is 0 Å². The third kappa shape index (κ3) is 4.29. The lowest BCUT2D eigenvalue weighted by molar-refractivity contribution is -0.142. The molecule has 0 saturated carbocycles. The van der Waals surface area contributed by atoms with Crippen LogP contribution in [0.2, 0.25) is 5.02 Å². The first kappa shape index (κ1) is 22.4. The van der Waals surface area contributed by atoms with Gasteiger partial charge in [-0.25, -0.2) is 9.50 Å². The zero-order chi connectivity index (χ0) is 23.8. The summed E-state index contributed by atoms with van der Waals surface area (Å²) in [6.07, 6.45) is -3.73. The fraction of sp³-hybridized carbons (Fsp3) is 0.136. The van der Waals surface area contributed by atoms with E-state index in [-0.39, 0.29) is 21.9 Å². The monoisotopic (exact) mass is 476 g/mol. The molecular formula is C22H16ClF3N4O3. The summed E-state index contributed by atoms with van der Waals surface area (Å²) in [6.45, 7) is 0. The Hall–Kier alpha value is -3.79. The van der Waals surface area contributed by atoms with Gasteiger partial charge in [0, 0.05) is 5.56 Å². The van der Waals surface area contributed by atoms with Crippen LogP contribution >= 0.6 is 11.6 Å². The molecule has 0 aliphatic carbocycles. The molecule has 2 aromatic carbocycles. The quantitative estimate of drug-likeness (QED) is 0.421. The Kier molecular flexibility index (Phi) is 5.86. The SMILES string of the molecule is COc1ccc(-c2cc(C(F)(F)F)n3ncc(C(=O)Nc4ccccc4Cl)c3n2)cc1OC. The molecule has 4 aromatic rings. The summed E-state index contributed by atoms with van der Waals surface area (Å²) in [5.41, 5.74) is -0.894. The minimum absolute atomic E-state index is 0.0249. The number of amides is 1. The molecule has 2 aromatic heterocycles. The number of methoxy groups -OCH3 is 2. The molecule has 0 saturated heterocycles. The summed E-state index contributed by atoms with van der Waals surface area (Å²) in [6, 6.07) is 11.9. The summed E-state index contributed by atoms with van der Waals surface area (Å²) in [4.78, 5) is 17.2. The zero-order valence-electron chi connectivity index (χ0n) is 17.3. The van der Waals surface area contributed by atoms with E-state index in [4.69, 9.17) is 21.1 Å². The maximum Gasteiger partial charge on any atom is 0.433 e. The summed E-state index contributed by atoms with van der Waals surface area (Å²) in [5, 5.41) is 6.61. The number of aromatic nitrogens is 3. The van der Waals surface area contributed by atoms with Crippen molar-refractivity contribution in [2.75, 3.05) is 19.5 Å². The van der Waals surface area contributed by atoms with Gasteiger partial charge in [-0.2, -0.15) is 18.3 Å². The van der Waals surface area contributed by atoms with Crippen LogP contribution in [0.5, 0.6) is 11.5 Å². The highest BCUT2D eigenvalue weighted by Gasteiger charge is 2.36. The van der Waals surface area contributed by atoms with E-state index in [1.165, 1.54) is 20.3 Å². The van der Waals surface area contributed by atoms with E-state index < -0.39 is 17.8 Å². The van der Waals surface area contributed by atoms with Crippen molar-refractivity contribution in [3.63, 3.8) is 0 Å². The Labute approximate surface area is 190 Å². The van der Waals surface area contributed by atoms with Crippen molar-refractivity contribution >= 4 is 28.8 Å². The number of anilines is 1. The molecule has 7 nitrogen and oxygen atoms in total. The fourth-order valence-corrected chi connectivity index (χ4v) is 3.40. The standard InChI is InChI=1S/C22H16ClF3N4O3/c1-32-17-8-7-12(9-18(17)33-2)16-10-19(22(24,25)26)30-20(28-16)13(11-27-30)21(31)29-15-6-4-3-5-14(15)23/h3-11H,1-2H3,(H,29,31). The molecule has 0 unspecified atom stereocenters. The highest BCUT2D eigenvalue weighted by Crippen LogP contribution is 2.36. The van der Waals surface area contributed by atoms with Crippen molar-refractivity contribution in [3.8, 4) is 22.8 Å². The van der Waals surface area contributed by atoms with Crippen molar-refractivity contribution in [1.29, 1.82) is 0 Å². The number of fused-ring (bicyclic) bond motifs is 1. The Bertz CT molecular complexity index is 1350. The number of para-hydroxylation sites is 1. The highest BCUT2D eigenvalue weighted by molar-refractivity contribution is 6.34. The number of rotatable bonds is 5. The molecule has 0 spiro atoms. The number of alkyl halides is 3. The van der Waals surface area contributed by atoms with Gasteiger partial charge in [0.25, 0.3) is 5.91 Å². The van der Waals surface area contributed by atoms with Gasteiger partial charge in [0.15, 0.2) is 22.8 Å². The molecule has 0 radical (unpaired) electrons. The number of halogens is 4. The number of hydrogen-bond donors (Lipinski definition) is 1. The predicted molar refractivity (Wildman–Crippen MR) is 116 cm³/mol. The third-order valence-corrected chi connectivity index (χ3v) is 5.14. The number of nitrogens with zero attached hydrogens (tertiary/aromatic N) is 3. The lowest BCUT2D eigenvalue weighted by Crippen LogP contribution is -2.16. The van der Waals surface area contributed by atoms with Crippen LogP contribution in [0.4, 0.5) is 18.9 Å². The minimum Gasteiger partial charge on any atom is -0.493 e. The second-order valence-corrected chi connectivity index (χ2v) is 7.23. The van der Waals surface area contributed by atoms with Crippen LogP contribution in [0, 0.1) is 0 Å². The molecule has 33 heavy (non-hydrogen) atoms. The molecule has 1 amide bonds. The van der Waals surface area contributed by atoms with Crippen molar-refractivity contribution in [2.24, 2.45) is 0 Å².